The van der Waals surface area contributed by atoms with Gasteiger partial charge in [0, 0.05) is 18.6 Å². The Balaban J connectivity index is 2.40. The van der Waals surface area contributed by atoms with Crippen LogP contribution in [0.3, 0.4) is 0 Å². The van der Waals surface area contributed by atoms with Gasteiger partial charge in [0.2, 0.25) is 0 Å². The van der Waals surface area contributed by atoms with E-state index in [0.29, 0.717) is 10.6 Å². The highest BCUT2D eigenvalue weighted by molar-refractivity contribution is 7.90. The molecule has 0 atom stereocenters. The van der Waals surface area contributed by atoms with Crippen LogP contribution in [0.15, 0.2) is 41.8 Å². The van der Waals surface area contributed by atoms with Gasteiger partial charge in [-0.25, -0.2) is 8.42 Å². The lowest BCUT2D eigenvalue weighted by molar-refractivity contribution is 0.595. The molecule has 2 N–H and O–H groups in total. The predicted molar refractivity (Wildman–Crippen MR) is 68.8 cm³/mol. The number of hydrogen-bond donors (Lipinski definition) is 1. The van der Waals surface area contributed by atoms with E-state index >= 15 is 0 Å². The van der Waals surface area contributed by atoms with Gasteiger partial charge in [0.1, 0.15) is 0 Å². The van der Waals surface area contributed by atoms with Gasteiger partial charge in [-0.1, -0.05) is 11.6 Å². The molecule has 0 aromatic carbocycles. The van der Waals surface area contributed by atoms with Gasteiger partial charge in [-0.15, -0.1) is 0 Å². The Morgan fingerprint density at radius 2 is 1.83 bits per heavy atom. The molecule has 94 valence electrons. The molecule has 0 aliphatic rings. The van der Waals surface area contributed by atoms with Crippen LogP contribution in [-0.4, -0.2) is 18.4 Å². The molecule has 0 bridgehead atoms. The summed E-state index contributed by atoms with van der Waals surface area (Å²) in [7, 11) is -3.54. The fourth-order valence-electron chi connectivity index (χ4n) is 1.48. The number of aromatic nitrogens is 2. The standard InChI is InChI=1S/C11H10ClN3O2S/c12-9-5-14-3-1-8(9)7-18(16,17)11-2-4-15-6-10(11)13/h1-6H,7,13H2. The summed E-state index contributed by atoms with van der Waals surface area (Å²) >= 11 is 5.89. The third kappa shape index (κ3) is 2.60. The van der Waals surface area contributed by atoms with E-state index in [9.17, 15) is 8.42 Å². The summed E-state index contributed by atoms with van der Waals surface area (Å²) in [5, 5.41) is 0.314. The normalized spacial score (nSPS) is 11.4. The minimum absolute atomic E-state index is 0.0605. The largest absolute Gasteiger partial charge is 0.396 e. The summed E-state index contributed by atoms with van der Waals surface area (Å²) < 4.78 is 24.4. The van der Waals surface area contributed by atoms with Gasteiger partial charge in [-0.05, 0) is 17.7 Å². The van der Waals surface area contributed by atoms with Crippen LogP contribution >= 0.6 is 11.6 Å². The van der Waals surface area contributed by atoms with Crippen LogP contribution in [0.4, 0.5) is 5.69 Å². The van der Waals surface area contributed by atoms with Crippen LogP contribution in [0.25, 0.3) is 0 Å². The van der Waals surface area contributed by atoms with E-state index in [0.717, 1.165) is 0 Å². The molecule has 0 unspecified atom stereocenters. The summed E-state index contributed by atoms with van der Waals surface area (Å²) in [6.45, 7) is 0. The van der Waals surface area contributed by atoms with Gasteiger partial charge in [0.25, 0.3) is 0 Å². The summed E-state index contributed by atoms with van der Waals surface area (Å²) in [6, 6.07) is 2.94. The van der Waals surface area contributed by atoms with Gasteiger partial charge in [0.15, 0.2) is 9.84 Å². The Morgan fingerprint density at radius 1 is 1.17 bits per heavy atom. The van der Waals surface area contributed by atoms with E-state index in [1.807, 2.05) is 0 Å². The zero-order valence-corrected chi connectivity index (χ0v) is 10.8. The lowest BCUT2D eigenvalue weighted by Crippen LogP contribution is -2.08. The molecule has 0 saturated carbocycles. The van der Waals surface area contributed by atoms with Crippen LogP contribution in [0.5, 0.6) is 0 Å². The van der Waals surface area contributed by atoms with Crippen LogP contribution < -0.4 is 5.73 Å². The quantitative estimate of drug-likeness (QED) is 0.926. The van der Waals surface area contributed by atoms with E-state index in [-0.39, 0.29) is 16.3 Å². The van der Waals surface area contributed by atoms with Crippen molar-refractivity contribution in [3.05, 3.63) is 47.5 Å². The van der Waals surface area contributed by atoms with Crippen molar-refractivity contribution in [2.24, 2.45) is 0 Å². The lowest BCUT2D eigenvalue weighted by Gasteiger charge is -2.07. The number of nitrogens with zero attached hydrogens (tertiary/aromatic N) is 2. The third-order valence-electron chi connectivity index (χ3n) is 2.35. The third-order valence-corrected chi connectivity index (χ3v) is 4.42. The van der Waals surface area contributed by atoms with Gasteiger partial charge >= 0.3 is 0 Å². The molecule has 2 heterocycles. The first-order valence-electron chi connectivity index (χ1n) is 5.01. The van der Waals surface area contributed by atoms with E-state index in [4.69, 9.17) is 17.3 Å². The second kappa shape index (κ2) is 4.91. The summed E-state index contributed by atoms with van der Waals surface area (Å²) in [6.07, 6.45) is 5.59. The molecule has 0 aliphatic heterocycles. The SMILES string of the molecule is Nc1cnccc1S(=O)(=O)Cc1ccncc1Cl. The first-order chi connectivity index (χ1) is 8.50. The van der Waals surface area contributed by atoms with E-state index in [1.54, 1.807) is 6.07 Å². The number of pyridine rings is 2. The van der Waals surface area contributed by atoms with Crippen molar-refractivity contribution < 1.29 is 8.42 Å². The first kappa shape index (κ1) is 12.8. The zero-order valence-electron chi connectivity index (χ0n) is 9.25. The second-order valence-corrected chi connectivity index (χ2v) is 6.00. The van der Waals surface area contributed by atoms with Crippen molar-refractivity contribution in [2.45, 2.75) is 10.6 Å². The average Bonchev–Trinajstić information content (AvgIpc) is 2.32. The number of halogens is 1. The van der Waals surface area contributed by atoms with Crippen LogP contribution in [0.1, 0.15) is 5.56 Å². The maximum absolute atomic E-state index is 12.2. The van der Waals surface area contributed by atoms with Crippen molar-refractivity contribution >= 4 is 27.1 Å². The summed E-state index contributed by atoms with van der Waals surface area (Å²) in [5.74, 6) is -0.220. The van der Waals surface area contributed by atoms with Crippen LogP contribution in [0.2, 0.25) is 5.02 Å². The molecule has 18 heavy (non-hydrogen) atoms. The fraction of sp³-hybridized carbons (Fsp3) is 0.0909. The molecule has 0 amide bonds. The minimum Gasteiger partial charge on any atom is -0.396 e. The van der Waals surface area contributed by atoms with E-state index in [1.165, 1.54) is 30.9 Å². The molecule has 0 spiro atoms. The van der Waals surface area contributed by atoms with E-state index in [2.05, 4.69) is 9.97 Å². The van der Waals surface area contributed by atoms with Crippen molar-refractivity contribution in [1.29, 1.82) is 0 Å². The summed E-state index contributed by atoms with van der Waals surface area (Å²) in [4.78, 5) is 7.62. The predicted octanol–water partition coefficient (Wildman–Crippen LogP) is 1.69. The molecule has 0 aliphatic carbocycles. The van der Waals surface area contributed by atoms with Crippen LogP contribution in [-0.2, 0) is 15.6 Å². The number of sulfone groups is 1. The molecular weight excluding hydrogens is 274 g/mol. The molecule has 0 saturated heterocycles. The molecular formula is C11H10ClN3O2S. The van der Waals surface area contributed by atoms with Gasteiger partial charge in [0.05, 0.1) is 27.6 Å². The molecule has 2 aromatic heterocycles. The average molecular weight is 284 g/mol. The van der Waals surface area contributed by atoms with Gasteiger partial charge in [-0.2, -0.15) is 0 Å². The maximum atomic E-state index is 12.2. The van der Waals surface area contributed by atoms with Crippen molar-refractivity contribution in [1.82, 2.24) is 9.97 Å². The fourth-order valence-corrected chi connectivity index (χ4v) is 3.24. The highest BCUT2D eigenvalue weighted by Gasteiger charge is 2.19. The Hall–Kier alpha value is -1.66. The molecule has 0 fully saturated rings. The molecule has 7 heteroatoms. The number of nitrogen functional groups attached to an aromatic ring is 1. The first-order valence-corrected chi connectivity index (χ1v) is 7.04. The topological polar surface area (TPSA) is 85.9 Å². The smallest absolute Gasteiger partial charge is 0.184 e. The van der Waals surface area contributed by atoms with Crippen molar-refractivity contribution in [2.75, 3.05) is 5.73 Å². The second-order valence-electron chi connectivity index (χ2n) is 3.64. The summed E-state index contributed by atoms with van der Waals surface area (Å²) in [5.41, 5.74) is 6.23. The Morgan fingerprint density at radius 3 is 2.50 bits per heavy atom. The highest BCUT2D eigenvalue weighted by Crippen LogP contribution is 2.24. The number of hydrogen-bond acceptors (Lipinski definition) is 5. The Labute approximate surface area is 110 Å². The lowest BCUT2D eigenvalue weighted by atomic mass is 10.3. The minimum atomic E-state index is -3.54. The number of nitrogens with two attached hydrogens (primary N) is 1. The highest BCUT2D eigenvalue weighted by atomic mass is 35.5. The van der Waals surface area contributed by atoms with Crippen LogP contribution in [0, 0.1) is 0 Å². The number of anilines is 1. The van der Waals surface area contributed by atoms with Crippen molar-refractivity contribution in [3.63, 3.8) is 0 Å². The Kier molecular flexibility index (Phi) is 3.49. The van der Waals surface area contributed by atoms with Crippen molar-refractivity contribution in [3.8, 4) is 0 Å². The van der Waals surface area contributed by atoms with Gasteiger partial charge < -0.3 is 5.73 Å². The molecule has 5 nitrogen and oxygen atoms in total. The maximum Gasteiger partial charge on any atom is 0.184 e. The Bertz CT molecular complexity index is 673. The van der Waals surface area contributed by atoms with Gasteiger partial charge in [-0.3, -0.25) is 9.97 Å². The molecule has 2 rings (SSSR count). The number of rotatable bonds is 3. The molecule has 0 radical (unpaired) electrons. The molecule has 2 aromatic rings. The zero-order chi connectivity index (χ0) is 13.2. The van der Waals surface area contributed by atoms with E-state index < -0.39 is 9.84 Å². The monoisotopic (exact) mass is 283 g/mol.